The van der Waals surface area contributed by atoms with E-state index in [9.17, 15) is 0 Å². The molecule has 0 amide bonds. The Bertz CT molecular complexity index is 742. The number of nitrogens with zero attached hydrogens (tertiary/aromatic N) is 2. The van der Waals surface area contributed by atoms with Crippen molar-refractivity contribution in [2.75, 3.05) is 5.32 Å². The van der Waals surface area contributed by atoms with E-state index in [-0.39, 0.29) is 6.04 Å². The second-order valence-corrected chi connectivity index (χ2v) is 7.08. The van der Waals surface area contributed by atoms with Gasteiger partial charge in [-0.05, 0) is 39.7 Å². The Kier molecular flexibility index (Phi) is 2.85. The zero-order chi connectivity index (χ0) is 13.5. The van der Waals surface area contributed by atoms with E-state index in [4.69, 9.17) is 4.52 Å². The second-order valence-electron chi connectivity index (χ2n) is 4.62. The predicted octanol–water partition coefficient (Wildman–Crippen LogP) is 4.27. The Morgan fingerprint density at radius 1 is 1.25 bits per heavy atom. The Labute approximate surface area is 128 Å². The molecule has 0 aliphatic carbocycles. The zero-order valence-electron chi connectivity index (χ0n) is 10.3. The molecule has 20 heavy (non-hydrogen) atoms. The molecule has 1 aromatic carbocycles. The number of halogens is 1. The van der Waals surface area contributed by atoms with Crippen LogP contribution in [0.25, 0.3) is 10.7 Å². The molecule has 0 saturated carbocycles. The van der Waals surface area contributed by atoms with Gasteiger partial charge in [0, 0.05) is 12.1 Å². The minimum atomic E-state index is 0.0667. The van der Waals surface area contributed by atoms with Gasteiger partial charge in [0.05, 0.1) is 8.66 Å². The average molecular weight is 348 g/mol. The fourth-order valence-electron chi connectivity index (χ4n) is 2.36. The summed E-state index contributed by atoms with van der Waals surface area (Å²) < 4.78 is 6.47. The summed E-state index contributed by atoms with van der Waals surface area (Å²) in [6.07, 6.45) is 0.881. The van der Waals surface area contributed by atoms with Gasteiger partial charge in [0.1, 0.15) is 6.04 Å². The molecule has 1 aliphatic rings. The summed E-state index contributed by atoms with van der Waals surface area (Å²) in [7, 11) is 0. The first-order chi connectivity index (χ1) is 9.79. The molecular weight excluding hydrogens is 338 g/mol. The van der Waals surface area contributed by atoms with Crippen molar-refractivity contribution in [3.8, 4) is 10.7 Å². The maximum atomic E-state index is 5.41. The first kappa shape index (κ1) is 12.1. The average Bonchev–Trinajstić information content (AvgIpc) is 3.16. The molecule has 6 heteroatoms. The van der Waals surface area contributed by atoms with E-state index in [0.29, 0.717) is 11.7 Å². The zero-order valence-corrected chi connectivity index (χ0v) is 12.7. The van der Waals surface area contributed by atoms with Gasteiger partial charge in [-0.2, -0.15) is 4.98 Å². The van der Waals surface area contributed by atoms with E-state index in [1.54, 1.807) is 11.3 Å². The van der Waals surface area contributed by atoms with Crippen LogP contribution >= 0.6 is 27.3 Å². The maximum absolute atomic E-state index is 5.41. The first-order valence-electron chi connectivity index (χ1n) is 6.23. The van der Waals surface area contributed by atoms with Crippen LogP contribution in [0.5, 0.6) is 0 Å². The van der Waals surface area contributed by atoms with Crippen molar-refractivity contribution < 1.29 is 4.52 Å². The molecule has 100 valence electrons. The van der Waals surface area contributed by atoms with E-state index in [2.05, 4.69) is 43.5 Å². The number of nitrogens with one attached hydrogen (secondary N) is 1. The van der Waals surface area contributed by atoms with Gasteiger partial charge in [0.15, 0.2) is 0 Å². The molecule has 4 nitrogen and oxygen atoms in total. The minimum absolute atomic E-state index is 0.0667. The highest BCUT2D eigenvalue weighted by Crippen LogP contribution is 2.35. The normalized spacial score (nSPS) is 16.9. The van der Waals surface area contributed by atoms with E-state index < -0.39 is 0 Å². The molecule has 0 fully saturated rings. The van der Waals surface area contributed by atoms with Gasteiger partial charge >= 0.3 is 0 Å². The molecule has 0 saturated heterocycles. The third-order valence-electron chi connectivity index (χ3n) is 3.30. The maximum Gasteiger partial charge on any atom is 0.249 e. The van der Waals surface area contributed by atoms with Crippen LogP contribution in [0.3, 0.4) is 0 Å². The van der Waals surface area contributed by atoms with Crippen LogP contribution < -0.4 is 5.32 Å². The van der Waals surface area contributed by atoms with E-state index in [1.165, 1.54) is 5.56 Å². The molecule has 4 rings (SSSR count). The van der Waals surface area contributed by atoms with Gasteiger partial charge < -0.3 is 9.84 Å². The highest BCUT2D eigenvalue weighted by Gasteiger charge is 2.26. The lowest BCUT2D eigenvalue weighted by Gasteiger charge is -2.04. The lowest BCUT2D eigenvalue weighted by atomic mass is 10.1. The number of hydrogen-bond donors (Lipinski definition) is 1. The number of hydrogen-bond acceptors (Lipinski definition) is 5. The smallest absolute Gasteiger partial charge is 0.249 e. The number of para-hydroxylation sites is 1. The molecule has 0 bridgehead atoms. The molecule has 2 aromatic heterocycles. The van der Waals surface area contributed by atoms with Crippen LogP contribution in [0.15, 0.2) is 44.7 Å². The SMILES string of the molecule is Brc1ccc(-c2noc(C3Cc4ccccc4N3)n2)s1. The number of thiophene rings is 1. The number of benzene rings is 1. The topological polar surface area (TPSA) is 51.0 Å². The summed E-state index contributed by atoms with van der Waals surface area (Å²) >= 11 is 5.04. The Balaban J connectivity index is 1.61. The summed E-state index contributed by atoms with van der Waals surface area (Å²) in [5.41, 5.74) is 2.44. The summed E-state index contributed by atoms with van der Waals surface area (Å²) in [5.74, 6) is 1.29. The number of fused-ring (bicyclic) bond motifs is 1. The van der Waals surface area contributed by atoms with E-state index in [0.717, 1.165) is 20.8 Å². The van der Waals surface area contributed by atoms with Gasteiger partial charge in [0.2, 0.25) is 11.7 Å². The Morgan fingerprint density at radius 3 is 2.95 bits per heavy atom. The standard InChI is InChI=1S/C14H10BrN3OS/c15-12-6-5-11(20-12)13-17-14(19-18-13)10-7-8-3-1-2-4-9(8)16-10/h1-6,10,16H,7H2. The monoisotopic (exact) mass is 347 g/mol. The number of aromatic nitrogens is 2. The van der Waals surface area contributed by atoms with Crippen molar-refractivity contribution in [1.82, 2.24) is 10.1 Å². The van der Waals surface area contributed by atoms with Gasteiger partial charge in [0.25, 0.3) is 0 Å². The highest BCUT2D eigenvalue weighted by molar-refractivity contribution is 9.11. The molecule has 1 aliphatic heterocycles. The quantitative estimate of drug-likeness (QED) is 0.751. The Hall–Kier alpha value is -1.66. The fraction of sp³-hybridized carbons (Fsp3) is 0.143. The van der Waals surface area contributed by atoms with Crippen molar-refractivity contribution in [2.45, 2.75) is 12.5 Å². The predicted molar refractivity (Wildman–Crippen MR) is 81.8 cm³/mol. The van der Waals surface area contributed by atoms with Gasteiger partial charge in [-0.15, -0.1) is 11.3 Å². The molecule has 3 heterocycles. The molecule has 3 aromatic rings. The van der Waals surface area contributed by atoms with Crippen molar-refractivity contribution in [3.05, 3.63) is 51.6 Å². The molecule has 0 radical (unpaired) electrons. The summed E-state index contributed by atoms with van der Waals surface area (Å²) in [5, 5.41) is 7.49. The summed E-state index contributed by atoms with van der Waals surface area (Å²) in [4.78, 5) is 5.51. The van der Waals surface area contributed by atoms with Crippen LogP contribution in [0.1, 0.15) is 17.5 Å². The molecule has 0 spiro atoms. The lowest BCUT2D eigenvalue weighted by Crippen LogP contribution is -2.05. The largest absolute Gasteiger partial charge is 0.373 e. The third kappa shape index (κ3) is 2.05. The molecule has 1 N–H and O–H groups in total. The van der Waals surface area contributed by atoms with Crippen LogP contribution in [0, 0.1) is 0 Å². The number of rotatable bonds is 2. The van der Waals surface area contributed by atoms with Crippen LogP contribution in [0.2, 0.25) is 0 Å². The van der Waals surface area contributed by atoms with Crippen LogP contribution in [0.4, 0.5) is 5.69 Å². The van der Waals surface area contributed by atoms with Crippen LogP contribution in [-0.2, 0) is 6.42 Å². The van der Waals surface area contributed by atoms with Crippen molar-refractivity contribution in [2.24, 2.45) is 0 Å². The van der Waals surface area contributed by atoms with E-state index in [1.807, 2.05) is 24.3 Å². The van der Waals surface area contributed by atoms with Crippen molar-refractivity contribution in [3.63, 3.8) is 0 Å². The van der Waals surface area contributed by atoms with Crippen molar-refractivity contribution in [1.29, 1.82) is 0 Å². The number of anilines is 1. The molecular formula is C14H10BrN3OS. The summed E-state index contributed by atoms with van der Waals surface area (Å²) in [6, 6.07) is 12.3. The van der Waals surface area contributed by atoms with Gasteiger partial charge in [-0.25, -0.2) is 0 Å². The second kappa shape index (κ2) is 4.71. The van der Waals surface area contributed by atoms with Gasteiger partial charge in [-0.3, -0.25) is 0 Å². The molecule has 1 unspecified atom stereocenters. The van der Waals surface area contributed by atoms with Gasteiger partial charge in [-0.1, -0.05) is 23.4 Å². The van der Waals surface area contributed by atoms with Crippen LogP contribution in [-0.4, -0.2) is 10.1 Å². The molecule has 1 atom stereocenters. The van der Waals surface area contributed by atoms with Crippen molar-refractivity contribution >= 4 is 33.0 Å². The first-order valence-corrected chi connectivity index (χ1v) is 7.84. The lowest BCUT2D eigenvalue weighted by molar-refractivity contribution is 0.364. The third-order valence-corrected chi connectivity index (χ3v) is 4.92. The van der Waals surface area contributed by atoms with E-state index >= 15 is 0 Å². The minimum Gasteiger partial charge on any atom is -0.373 e. The Morgan fingerprint density at radius 2 is 2.15 bits per heavy atom. The highest BCUT2D eigenvalue weighted by atomic mass is 79.9. The summed E-state index contributed by atoms with van der Waals surface area (Å²) in [6.45, 7) is 0. The fourth-order valence-corrected chi connectivity index (χ4v) is 3.67.